The van der Waals surface area contributed by atoms with Gasteiger partial charge >= 0.3 is 0 Å². The first-order valence-corrected chi connectivity index (χ1v) is 11.7. The van der Waals surface area contributed by atoms with Gasteiger partial charge in [0.25, 0.3) is 5.91 Å². The van der Waals surface area contributed by atoms with Gasteiger partial charge in [0.15, 0.2) is 0 Å². The number of aromatic nitrogens is 2. The third-order valence-corrected chi connectivity index (χ3v) is 6.97. The van der Waals surface area contributed by atoms with Gasteiger partial charge < -0.3 is 10.2 Å². The normalized spacial score (nSPS) is 15.2. The number of carbonyl (C=O) groups excluding carboxylic acids is 2. The number of rotatable bonds is 6. The van der Waals surface area contributed by atoms with Crippen LogP contribution in [0.3, 0.4) is 0 Å². The SMILES string of the molecule is Cl.Cl.O=C(NCC(=O)N1CCN(CCc2ccccc2)CC1)C1=Cc2cnc3cccc(n23)S1. The lowest BCUT2D eigenvalue weighted by Crippen LogP contribution is -2.51. The number of piperazine rings is 1. The molecule has 0 radical (unpaired) electrons. The Morgan fingerprint density at radius 3 is 2.50 bits per heavy atom. The summed E-state index contributed by atoms with van der Waals surface area (Å²) in [5.74, 6) is -0.260. The van der Waals surface area contributed by atoms with E-state index in [-0.39, 0.29) is 43.2 Å². The fraction of sp³-hybridized carbons (Fsp3) is 0.292. The molecule has 0 atom stereocenters. The first-order chi connectivity index (χ1) is 15.7. The van der Waals surface area contributed by atoms with Crippen molar-refractivity contribution in [2.45, 2.75) is 11.4 Å². The van der Waals surface area contributed by atoms with Crippen LogP contribution in [0.15, 0.2) is 64.7 Å². The summed E-state index contributed by atoms with van der Waals surface area (Å²) in [7, 11) is 0. The molecule has 180 valence electrons. The third-order valence-electron chi connectivity index (χ3n) is 5.92. The molecule has 4 heterocycles. The summed E-state index contributed by atoms with van der Waals surface area (Å²) in [6.45, 7) is 4.13. The monoisotopic (exact) mass is 519 g/mol. The van der Waals surface area contributed by atoms with Crippen LogP contribution >= 0.6 is 36.6 Å². The number of amides is 2. The molecule has 0 bridgehead atoms. The van der Waals surface area contributed by atoms with Crippen LogP contribution in [-0.4, -0.2) is 70.3 Å². The number of hydrogen-bond donors (Lipinski definition) is 1. The fourth-order valence-corrected chi connectivity index (χ4v) is 5.11. The van der Waals surface area contributed by atoms with Crippen LogP contribution in [0.4, 0.5) is 0 Å². The first kappa shape index (κ1) is 26.1. The highest BCUT2D eigenvalue weighted by atomic mass is 35.5. The minimum atomic E-state index is -0.227. The molecule has 2 aromatic heterocycles. The van der Waals surface area contributed by atoms with Gasteiger partial charge in [-0.05, 0) is 30.2 Å². The lowest BCUT2D eigenvalue weighted by Gasteiger charge is -2.34. The molecule has 0 unspecified atom stereocenters. The zero-order valence-electron chi connectivity index (χ0n) is 18.6. The number of nitrogens with one attached hydrogen (secondary N) is 1. The summed E-state index contributed by atoms with van der Waals surface area (Å²) >= 11 is 1.39. The molecule has 1 fully saturated rings. The van der Waals surface area contributed by atoms with Crippen molar-refractivity contribution in [3.8, 4) is 0 Å². The van der Waals surface area contributed by atoms with E-state index in [0.29, 0.717) is 18.0 Å². The van der Waals surface area contributed by atoms with E-state index in [1.165, 1.54) is 17.3 Å². The van der Waals surface area contributed by atoms with Crippen molar-refractivity contribution < 1.29 is 9.59 Å². The molecular formula is C24H27Cl2N5O2S. The van der Waals surface area contributed by atoms with Crippen molar-refractivity contribution in [3.05, 3.63) is 70.9 Å². The van der Waals surface area contributed by atoms with Gasteiger partial charge in [0.05, 0.1) is 28.4 Å². The Kier molecular flexibility index (Phi) is 9.02. The van der Waals surface area contributed by atoms with E-state index in [4.69, 9.17) is 0 Å². The predicted octanol–water partition coefficient (Wildman–Crippen LogP) is 3.13. The van der Waals surface area contributed by atoms with E-state index in [2.05, 4.69) is 39.5 Å². The van der Waals surface area contributed by atoms with E-state index >= 15 is 0 Å². The molecule has 5 rings (SSSR count). The molecule has 1 aromatic carbocycles. The van der Waals surface area contributed by atoms with Crippen LogP contribution < -0.4 is 5.32 Å². The standard InChI is InChI=1S/C24H25N5O2S.2ClH/c30-22(28-13-11-27(12-14-28)10-9-18-5-2-1-3-6-18)17-26-24(31)20-15-19-16-25-21-7-4-8-23(32-20)29(19)21;;/h1-8,15-16H,9-14,17H2,(H,26,31);2*1H. The number of nitrogens with zero attached hydrogens (tertiary/aromatic N) is 4. The minimum absolute atomic E-state index is 0. The van der Waals surface area contributed by atoms with E-state index in [1.807, 2.05) is 39.6 Å². The molecule has 2 amide bonds. The summed E-state index contributed by atoms with van der Waals surface area (Å²) in [5, 5.41) is 3.74. The first-order valence-electron chi connectivity index (χ1n) is 10.9. The smallest absolute Gasteiger partial charge is 0.258 e. The second kappa shape index (κ2) is 11.8. The van der Waals surface area contributed by atoms with Crippen LogP contribution in [0.5, 0.6) is 0 Å². The summed E-state index contributed by atoms with van der Waals surface area (Å²) < 4.78 is 2.02. The quantitative estimate of drug-likeness (QED) is 0.541. The molecule has 34 heavy (non-hydrogen) atoms. The van der Waals surface area contributed by atoms with Crippen molar-refractivity contribution in [1.82, 2.24) is 24.5 Å². The average Bonchev–Trinajstić information content (AvgIpc) is 3.26. The van der Waals surface area contributed by atoms with Gasteiger partial charge in [-0.25, -0.2) is 4.98 Å². The number of pyridine rings is 1. The molecule has 3 aromatic rings. The van der Waals surface area contributed by atoms with Crippen LogP contribution in [-0.2, 0) is 16.0 Å². The summed E-state index contributed by atoms with van der Waals surface area (Å²) in [6, 6.07) is 16.3. The highest BCUT2D eigenvalue weighted by Crippen LogP contribution is 2.34. The van der Waals surface area contributed by atoms with Gasteiger partial charge in [-0.15, -0.1) is 24.8 Å². The molecule has 1 saturated heterocycles. The fourth-order valence-electron chi connectivity index (χ4n) is 4.11. The molecule has 1 N–H and O–H groups in total. The predicted molar refractivity (Wildman–Crippen MR) is 140 cm³/mol. The van der Waals surface area contributed by atoms with Crippen molar-refractivity contribution in [2.24, 2.45) is 0 Å². The molecule has 0 aliphatic carbocycles. The molecule has 2 aliphatic rings. The Balaban J connectivity index is 0.00000162. The highest BCUT2D eigenvalue weighted by molar-refractivity contribution is 8.04. The lowest BCUT2D eigenvalue weighted by molar-refractivity contribution is -0.133. The molecular weight excluding hydrogens is 493 g/mol. The van der Waals surface area contributed by atoms with Crippen LogP contribution in [0, 0.1) is 0 Å². The molecule has 2 aliphatic heterocycles. The second-order valence-electron chi connectivity index (χ2n) is 7.99. The van der Waals surface area contributed by atoms with Crippen molar-refractivity contribution >= 4 is 60.1 Å². The molecule has 0 spiro atoms. The number of carbonyl (C=O) groups is 2. The van der Waals surface area contributed by atoms with E-state index in [9.17, 15) is 9.59 Å². The number of thioether (sulfide) groups is 1. The Hall–Kier alpha value is -2.52. The maximum Gasteiger partial charge on any atom is 0.258 e. The Morgan fingerprint density at radius 2 is 1.74 bits per heavy atom. The van der Waals surface area contributed by atoms with Crippen molar-refractivity contribution in [3.63, 3.8) is 0 Å². The van der Waals surface area contributed by atoms with E-state index < -0.39 is 0 Å². The summed E-state index contributed by atoms with van der Waals surface area (Å²) in [6.07, 6.45) is 4.60. The topological polar surface area (TPSA) is 70.0 Å². The zero-order chi connectivity index (χ0) is 21.9. The highest BCUT2D eigenvalue weighted by Gasteiger charge is 2.23. The number of benzene rings is 1. The van der Waals surface area contributed by atoms with Gasteiger partial charge in [0.1, 0.15) is 5.65 Å². The molecule has 7 nitrogen and oxygen atoms in total. The van der Waals surface area contributed by atoms with Crippen LogP contribution in [0.2, 0.25) is 0 Å². The maximum atomic E-state index is 12.7. The van der Waals surface area contributed by atoms with Gasteiger partial charge in [-0.1, -0.05) is 48.2 Å². The van der Waals surface area contributed by atoms with Crippen LogP contribution in [0.1, 0.15) is 11.3 Å². The molecule has 0 saturated carbocycles. The Bertz CT molecular complexity index is 1180. The summed E-state index contributed by atoms with van der Waals surface area (Å²) in [5.41, 5.74) is 3.07. The Labute approximate surface area is 215 Å². The minimum Gasteiger partial charge on any atom is -0.343 e. The number of halogens is 2. The van der Waals surface area contributed by atoms with Gasteiger partial charge in [-0.2, -0.15) is 0 Å². The third kappa shape index (κ3) is 5.75. The van der Waals surface area contributed by atoms with E-state index in [0.717, 1.165) is 42.4 Å². The maximum absolute atomic E-state index is 12.7. The van der Waals surface area contributed by atoms with Crippen LogP contribution in [0.25, 0.3) is 11.7 Å². The zero-order valence-corrected chi connectivity index (χ0v) is 21.0. The Morgan fingerprint density at radius 1 is 0.971 bits per heavy atom. The van der Waals surface area contributed by atoms with Gasteiger partial charge in [-0.3, -0.25) is 18.9 Å². The number of imidazole rings is 1. The number of hydrogen-bond acceptors (Lipinski definition) is 5. The van der Waals surface area contributed by atoms with Crippen molar-refractivity contribution in [1.29, 1.82) is 0 Å². The average molecular weight is 520 g/mol. The molecule has 10 heteroatoms. The van der Waals surface area contributed by atoms with Gasteiger partial charge in [0.2, 0.25) is 5.91 Å². The van der Waals surface area contributed by atoms with Crippen molar-refractivity contribution in [2.75, 3.05) is 39.3 Å². The summed E-state index contributed by atoms with van der Waals surface area (Å²) in [4.78, 5) is 34.5. The van der Waals surface area contributed by atoms with E-state index in [1.54, 1.807) is 6.20 Å². The lowest BCUT2D eigenvalue weighted by atomic mass is 10.1. The van der Waals surface area contributed by atoms with Gasteiger partial charge in [0, 0.05) is 32.7 Å². The largest absolute Gasteiger partial charge is 0.343 e. The second-order valence-corrected chi connectivity index (χ2v) is 9.05.